The van der Waals surface area contributed by atoms with Gasteiger partial charge in [-0.3, -0.25) is 0 Å². The van der Waals surface area contributed by atoms with Crippen molar-refractivity contribution in [1.29, 1.82) is 0 Å². The smallest absolute Gasteiger partial charge is 0.131 e. The molecule has 5 rings (SSSR count). The third-order valence-electron chi connectivity index (χ3n) is 5.10. The lowest BCUT2D eigenvalue weighted by Crippen LogP contribution is -2.08. The van der Waals surface area contributed by atoms with Crippen LogP contribution in [0.4, 0.5) is 0 Å². The molecule has 4 aromatic rings. The average molecular weight is 328 g/mol. The number of phenols is 2. The Bertz CT molecular complexity index is 1070. The van der Waals surface area contributed by atoms with E-state index in [-0.39, 0.29) is 17.4 Å². The second-order valence-electron chi connectivity index (χ2n) is 6.59. The van der Waals surface area contributed by atoms with Gasteiger partial charge in [0, 0.05) is 17.0 Å². The molecule has 0 unspecified atom stereocenters. The van der Waals surface area contributed by atoms with Crippen LogP contribution in [-0.4, -0.2) is 10.2 Å². The van der Waals surface area contributed by atoms with Gasteiger partial charge in [-0.2, -0.15) is 0 Å². The summed E-state index contributed by atoms with van der Waals surface area (Å²) in [6.45, 7) is 2.18. The number of phenolic OH excluding ortho intramolecular Hbond substituents is 2. The first-order valence-corrected chi connectivity index (χ1v) is 8.31. The van der Waals surface area contributed by atoms with E-state index in [4.69, 9.17) is 4.74 Å². The largest absolute Gasteiger partial charge is 0.508 e. The molecule has 1 aliphatic rings. The minimum Gasteiger partial charge on any atom is -0.508 e. The van der Waals surface area contributed by atoms with Crippen molar-refractivity contribution in [3.8, 4) is 23.0 Å². The van der Waals surface area contributed by atoms with Gasteiger partial charge in [-0.05, 0) is 57.9 Å². The van der Waals surface area contributed by atoms with E-state index in [1.54, 1.807) is 24.3 Å². The topological polar surface area (TPSA) is 49.7 Å². The maximum atomic E-state index is 9.77. The van der Waals surface area contributed by atoms with Crippen LogP contribution >= 0.6 is 0 Å². The SMILES string of the molecule is CC1c2c(ccc3cc(O)ccc23)Oc2ccc3cc(O)ccc3c21. The predicted octanol–water partition coefficient (Wildman–Crippen LogP) is 5.66. The highest BCUT2D eigenvalue weighted by Gasteiger charge is 2.27. The number of hydrogen-bond donors (Lipinski definition) is 2. The number of rotatable bonds is 0. The van der Waals surface area contributed by atoms with Crippen LogP contribution < -0.4 is 4.74 Å². The van der Waals surface area contributed by atoms with Gasteiger partial charge in [0.2, 0.25) is 0 Å². The molecule has 0 amide bonds. The van der Waals surface area contributed by atoms with Gasteiger partial charge in [0.15, 0.2) is 0 Å². The summed E-state index contributed by atoms with van der Waals surface area (Å²) in [5, 5.41) is 23.7. The summed E-state index contributed by atoms with van der Waals surface area (Å²) in [7, 11) is 0. The highest BCUT2D eigenvalue weighted by molar-refractivity contribution is 5.94. The Balaban J connectivity index is 1.82. The standard InChI is InChI=1S/C22H16O3/c1-12-21-17-6-4-15(23)10-13(17)2-8-19(21)25-20-9-3-14-11-16(24)5-7-18(14)22(12)20/h2-12,23-24H,1H3. The zero-order valence-corrected chi connectivity index (χ0v) is 13.7. The molecule has 122 valence electrons. The lowest BCUT2D eigenvalue weighted by atomic mass is 9.83. The summed E-state index contributed by atoms with van der Waals surface area (Å²) in [6, 6.07) is 18.8. The Morgan fingerprint density at radius 2 is 1.16 bits per heavy atom. The van der Waals surface area contributed by atoms with Gasteiger partial charge in [0.25, 0.3) is 0 Å². The van der Waals surface area contributed by atoms with Crippen molar-refractivity contribution in [3.05, 3.63) is 71.8 Å². The molecule has 3 nitrogen and oxygen atoms in total. The maximum Gasteiger partial charge on any atom is 0.131 e. The fourth-order valence-electron chi connectivity index (χ4n) is 3.98. The number of ether oxygens (including phenoxy) is 1. The molecule has 0 spiro atoms. The molecule has 25 heavy (non-hydrogen) atoms. The molecule has 0 aromatic heterocycles. The third-order valence-corrected chi connectivity index (χ3v) is 5.10. The van der Waals surface area contributed by atoms with Crippen molar-refractivity contribution in [2.24, 2.45) is 0 Å². The maximum absolute atomic E-state index is 9.77. The van der Waals surface area contributed by atoms with E-state index >= 15 is 0 Å². The second kappa shape index (κ2) is 4.90. The van der Waals surface area contributed by atoms with Crippen LogP contribution in [0.25, 0.3) is 21.5 Å². The molecule has 0 fully saturated rings. The first-order valence-electron chi connectivity index (χ1n) is 8.31. The monoisotopic (exact) mass is 328 g/mol. The van der Waals surface area contributed by atoms with E-state index in [1.165, 1.54) is 0 Å². The number of benzene rings is 4. The Morgan fingerprint density at radius 1 is 0.680 bits per heavy atom. The van der Waals surface area contributed by atoms with Crippen LogP contribution in [-0.2, 0) is 0 Å². The Morgan fingerprint density at radius 3 is 1.64 bits per heavy atom. The molecule has 4 aromatic carbocycles. The molecule has 3 heteroatoms. The van der Waals surface area contributed by atoms with E-state index in [9.17, 15) is 10.2 Å². The minimum absolute atomic E-state index is 0.139. The van der Waals surface area contributed by atoms with Crippen LogP contribution in [0.1, 0.15) is 24.0 Å². The van der Waals surface area contributed by atoms with Crippen molar-refractivity contribution in [2.75, 3.05) is 0 Å². The zero-order chi connectivity index (χ0) is 17.1. The molecule has 1 aliphatic heterocycles. The quantitative estimate of drug-likeness (QED) is 0.438. The molecule has 2 N–H and O–H groups in total. The number of fused-ring (bicyclic) bond motifs is 6. The molecule has 0 aliphatic carbocycles. The van der Waals surface area contributed by atoms with E-state index in [0.717, 1.165) is 44.2 Å². The van der Waals surface area contributed by atoms with Crippen molar-refractivity contribution in [1.82, 2.24) is 0 Å². The number of hydrogen-bond acceptors (Lipinski definition) is 3. The molecular weight excluding hydrogens is 312 g/mol. The molecule has 0 bridgehead atoms. The van der Waals surface area contributed by atoms with E-state index in [0.29, 0.717) is 0 Å². The summed E-state index contributed by atoms with van der Waals surface area (Å²) in [5.41, 5.74) is 2.26. The summed E-state index contributed by atoms with van der Waals surface area (Å²) in [5.74, 6) is 2.38. The summed E-state index contributed by atoms with van der Waals surface area (Å²) >= 11 is 0. The third kappa shape index (κ3) is 1.99. The predicted molar refractivity (Wildman–Crippen MR) is 98.8 cm³/mol. The van der Waals surface area contributed by atoms with E-state index < -0.39 is 0 Å². The van der Waals surface area contributed by atoms with E-state index in [2.05, 4.69) is 6.92 Å². The van der Waals surface area contributed by atoms with Crippen LogP contribution in [0.5, 0.6) is 23.0 Å². The summed E-state index contributed by atoms with van der Waals surface area (Å²) in [4.78, 5) is 0. The first-order chi connectivity index (χ1) is 12.1. The normalized spacial score (nSPS) is 13.5. The molecule has 0 atom stereocenters. The second-order valence-corrected chi connectivity index (χ2v) is 6.59. The lowest BCUT2D eigenvalue weighted by molar-refractivity contribution is 0.452. The van der Waals surface area contributed by atoms with Crippen molar-refractivity contribution in [3.63, 3.8) is 0 Å². The first kappa shape index (κ1) is 14.2. The lowest BCUT2D eigenvalue weighted by Gasteiger charge is -2.28. The minimum atomic E-state index is 0.139. The highest BCUT2D eigenvalue weighted by Crippen LogP contribution is 2.49. The Labute approximate surface area is 144 Å². The fraction of sp³-hybridized carbons (Fsp3) is 0.0909. The van der Waals surface area contributed by atoms with Gasteiger partial charge in [-0.15, -0.1) is 0 Å². The molecule has 0 radical (unpaired) electrons. The van der Waals surface area contributed by atoms with Gasteiger partial charge >= 0.3 is 0 Å². The average Bonchev–Trinajstić information content (AvgIpc) is 2.61. The van der Waals surface area contributed by atoms with Crippen molar-refractivity contribution >= 4 is 21.5 Å². The Kier molecular flexibility index (Phi) is 2.78. The van der Waals surface area contributed by atoms with Crippen LogP contribution in [0.2, 0.25) is 0 Å². The Hall–Kier alpha value is -3.20. The molecule has 0 saturated carbocycles. The van der Waals surface area contributed by atoms with Gasteiger partial charge in [0.05, 0.1) is 0 Å². The summed E-state index contributed by atoms with van der Waals surface area (Å²) in [6.07, 6.45) is 0. The van der Waals surface area contributed by atoms with Crippen LogP contribution in [0, 0.1) is 0 Å². The fourth-order valence-corrected chi connectivity index (χ4v) is 3.98. The van der Waals surface area contributed by atoms with Crippen LogP contribution in [0.15, 0.2) is 60.7 Å². The molecule has 1 heterocycles. The van der Waals surface area contributed by atoms with Gasteiger partial charge < -0.3 is 14.9 Å². The van der Waals surface area contributed by atoms with Crippen molar-refractivity contribution < 1.29 is 14.9 Å². The zero-order valence-electron chi connectivity index (χ0n) is 13.7. The molecular formula is C22H16O3. The van der Waals surface area contributed by atoms with Gasteiger partial charge in [0.1, 0.15) is 23.0 Å². The van der Waals surface area contributed by atoms with Gasteiger partial charge in [-0.1, -0.05) is 31.2 Å². The van der Waals surface area contributed by atoms with Crippen LogP contribution in [0.3, 0.4) is 0 Å². The highest BCUT2D eigenvalue weighted by atomic mass is 16.5. The van der Waals surface area contributed by atoms with E-state index in [1.807, 2.05) is 36.4 Å². The number of aromatic hydroxyl groups is 2. The van der Waals surface area contributed by atoms with Crippen molar-refractivity contribution in [2.45, 2.75) is 12.8 Å². The molecule has 0 saturated heterocycles. The van der Waals surface area contributed by atoms with Gasteiger partial charge in [-0.25, -0.2) is 0 Å². The summed E-state index contributed by atoms with van der Waals surface area (Å²) < 4.78 is 6.20.